The van der Waals surface area contributed by atoms with Crippen LogP contribution in [0.4, 0.5) is 0 Å². The van der Waals surface area contributed by atoms with E-state index in [1.807, 2.05) is 6.92 Å². The molecule has 1 aliphatic rings. The Balaban J connectivity index is 2.22. The SMILES string of the molecule is Cc1cc(C)c2cc3c(cc2n1)CC(O)C(C)(C)C3. The van der Waals surface area contributed by atoms with Crippen LogP contribution in [0.5, 0.6) is 0 Å². The van der Waals surface area contributed by atoms with Gasteiger partial charge in [0.05, 0.1) is 11.6 Å². The molecule has 0 saturated carbocycles. The number of benzene rings is 1. The highest BCUT2D eigenvalue weighted by molar-refractivity contribution is 5.84. The number of aliphatic hydroxyl groups is 1. The summed E-state index contributed by atoms with van der Waals surface area (Å²) in [6.07, 6.45) is 1.42. The molecule has 0 aliphatic heterocycles. The van der Waals surface area contributed by atoms with E-state index in [2.05, 4.69) is 44.0 Å². The van der Waals surface area contributed by atoms with Gasteiger partial charge in [-0.25, -0.2) is 0 Å². The van der Waals surface area contributed by atoms with Crippen LogP contribution in [0.3, 0.4) is 0 Å². The smallest absolute Gasteiger partial charge is 0.0710 e. The Labute approximate surface area is 114 Å². The number of nitrogens with zero attached hydrogens (tertiary/aromatic N) is 1. The predicted octanol–water partition coefficient (Wildman–Crippen LogP) is 3.34. The van der Waals surface area contributed by atoms with Crippen molar-refractivity contribution in [1.29, 1.82) is 0 Å². The van der Waals surface area contributed by atoms with Crippen molar-refractivity contribution in [2.24, 2.45) is 5.41 Å². The third-order valence-electron chi connectivity index (χ3n) is 4.43. The van der Waals surface area contributed by atoms with Gasteiger partial charge in [0, 0.05) is 11.1 Å². The van der Waals surface area contributed by atoms with Crippen LogP contribution in [0.25, 0.3) is 10.9 Å². The summed E-state index contributed by atoms with van der Waals surface area (Å²) in [6, 6.07) is 6.58. The van der Waals surface area contributed by atoms with E-state index in [1.165, 1.54) is 22.1 Å². The van der Waals surface area contributed by atoms with Gasteiger partial charge in [-0.1, -0.05) is 13.8 Å². The Morgan fingerprint density at radius 1 is 1.16 bits per heavy atom. The van der Waals surface area contributed by atoms with Gasteiger partial charge in [-0.05, 0) is 67.0 Å². The lowest BCUT2D eigenvalue weighted by atomic mass is 9.72. The summed E-state index contributed by atoms with van der Waals surface area (Å²) in [7, 11) is 0. The number of fused-ring (bicyclic) bond motifs is 2. The summed E-state index contributed by atoms with van der Waals surface area (Å²) in [5.74, 6) is 0. The van der Waals surface area contributed by atoms with Gasteiger partial charge in [-0.15, -0.1) is 0 Å². The average molecular weight is 255 g/mol. The van der Waals surface area contributed by atoms with Gasteiger partial charge in [0.25, 0.3) is 0 Å². The lowest BCUT2D eigenvalue weighted by Gasteiger charge is -2.36. The van der Waals surface area contributed by atoms with Crippen molar-refractivity contribution >= 4 is 10.9 Å². The first kappa shape index (κ1) is 12.6. The van der Waals surface area contributed by atoms with Gasteiger partial charge in [-0.2, -0.15) is 0 Å². The Bertz CT molecular complexity index is 658. The molecule has 3 rings (SSSR count). The van der Waals surface area contributed by atoms with Crippen LogP contribution in [-0.4, -0.2) is 16.2 Å². The molecule has 1 unspecified atom stereocenters. The Morgan fingerprint density at radius 2 is 1.89 bits per heavy atom. The second kappa shape index (κ2) is 4.04. The molecule has 0 radical (unpaired) electrons. The second-order valence-electron chi connectivity index (χ2n) is 6.60. The molecule has 0 amide bonds. The lowest BCUT2D eigenvalue weighted by molar-refractivity contribution is 0.0426. The fraction of sp³-hybridized carbons (Fsp3) is 0.471. The molecule has 0 bridgehead atoms. The molecule has 0 saturated heterocycles. The van der Waals surface area contributed by atoms with Crippen LogP contribution in [0, 0.1) is 19.3 Å². The van der Waals surface area contributed by atoms with Gasteiger partial charge < -0.3 is 5.11 Å². The van der Waals surface area contributed by atoms with Crippen molar-refractivity contribution in [3.63, 3.8) is 0 Å². The molecule has 0 spiro atoms. The highest BCUT2D eigenvalue weighted by atomic mass is 16.3. The highest BCUT2D eigenvalue weighted by Gasteiger charge is 2.33. The summed E-state index contributed by atoms with van der Waals surface area (Å²) in [6.45, 7) is 8.46. The first-order chi connectivity index (χ1) is 8.87. The van der Waals surface area contributed by atoms with E-state index in [9.17, 15) is 5.11 Å². The number of pyridine rings is 1. The minimum atomic E-state index is -0.261. The summed E-state index contributed by atoms with van der Waals surface area (Å²) in [5, 5.41) is 11.5. The maximum absolute atomic E-state index is 10.2. The van der Waals surface area contributed by atoms with Crippen LogP contribution in [-0.2, 0) is 12.8 Å². The highest BCUT2D eigenvalue weighted by Crippen LogP contribution is 2.37. The number of aromatic nitrogens is 1. The molecule has 1 aromatic heterocycles. The normalized spacial score (nSPS) is 21.4. The Kier molecular flexibility index (Phi) is 2.68. The topological polar surface area (TPSA) is 33.1 Å². The fourth-order valence-electron chi connectivity index (χ4n) is 3.15. The number of aliphatic hydroxyl groups excluding tert-OH is 1. The van der Waals surface area contributed by atoms with Gasteiger partial charge in [-0.3, -0.25) is 4.98 Å². The van der Waals surface area contributed by atoms with E-state index in [1.54, 1.807) is 0 Å². The average Bonchev–Trinajstić information content (AvgIpc) is 2.29. The van der Waals surface area contributed by atoms with E-state index in [4.69, 9.17) is 0 Å². The molecule has 2 aromatic rings. The van der Waals surface area contributed by atoms with Crippen molar-refractivity contribution in [3.05, 3.63) is 40.6 Å². The molecule has 2 nitrogen and oxygen atoms in total. The summed E-state index contributed by atoms with van der Waals surface area (Å²) >= 11 is 0. The number of hydrogen-bond acceptors (Lipinski definition) is 2. The molecule has 1 aliphatic carbocycles. The van der Waals surface area contributed by atoms with Gasteiger partial charge in [0.2, 0.25) is 0 Å². The van der Waals surface area contributed by atoms with Crippen molar-refractivity contribution < 1.29 is 5.11 Å². The Hall–Kier alpha value is -1.41. The monoisotopic (exact) mass is 255 g/mol. The van der Waals surface area contributed by atoms with E-state index in [0.29, 0.717) is 0 Å². The third-order valence-corrected chi connectivity index (χ3v) is 4.43. The van der Waals surface area contributed by atoms with Crippen LogP contribution >= 0.6 is 0 Å². The zero-order chi connectivity index (χ0) is 13.8. The van der Waals surface area contributed by atoms with Crippen LogP contribution in [0.15, 0.2) is 18.2 Å². The van der Waals surface area contributed by atoms with Gasteiger partial charge in [0.1, 0.15) is 0 Å². The molecular weight excluding hydrogens is 234 g/mol. The van der Waals surface area contributed by atoms with Crippen LogP contribution < -0.4 is 0 Å². The molecule has 2 heteroatoms. The molecule has 1 heterocycles. The predicted molar refractivity (Wildman–Crippen MR) is 78.4 cm³/mol. The zero-order valence-electron chi connectivity index (χ0n) is 12.1. The standard InChI is InChI=1S/C17H21NO/c1-10-5-11(2)18-15-7-12-8-16(19)17(3,4)9-13(12)6-14(10)15/h5-7,16,19H,8-9H2,1-4H3. The molecule has 1 atom stereocenters. The van der Waals surface area contributed by atoms with Crippen LogP contribution in [0.2, 0.25) is 0 Å². The molecule has 1 N–H and O–H groups in total. The van der Waals surface area contributed by atoms with Crippen molar-refractivity contribution in [2.45, 2.75) is 46.6 Å². The van der Waals surface area contributed by atoms with E-state index >= 15 is 0 Å². The minimum absolute atomic E-state index is 0.0350. The quantitative estimate of drug-likeness (QED) is 0.783. The lowest BCUT2D eigenvalue weighted by Crippen LogP contribution is -2.37. The minimum Gasteiger partial charge on any atom is -0.392 e. The van der Waals surface area contributed by atoms with Crippen molar-refractivity contribution in [1.82, 2.24) is 4.98 Å². The van der Waals surface area contributed by atoms with Crippen molar-refractivity contribution in [3.8, 4) is 0 Å². The third kappa shape index (κ3) is 2.04. The molecule has 100 valence electrons. The van der Waals surface area contributed by atoms with E-state index in [-0.39, 0.29) is 11.5 Å². The molecular formula is C17H21NO. The first-order valence-corrected chi connectivity index (χ1v) is 6.95. The first-order valence-electron chi connectivity index (χ1n) is 6.95. The Morgan fingerprint density at radius 3 is 2.63 bits per heavy atom. The van der Waals surface area contributed by atoms with E-state index in [0.717, 1.165) is 24.1 Å². The molecule has 1 aromatic carbocycles. The molecule has 19 heavy (non-hydrogen) atoms. The fourth-order valence-corrected chi connectivity index (χ4v) is 3.15. The zero-order valence-corrected chi connectivity index (χ0v) is 12.1. The summed E-state index contributed by atoms with van der Waals surface area (Å²) in [5.41, 5.74) is 6.00. The second-order valence-corrected chi connectivity index (χ2v) is 6.60. The largest absolute Gasteiger partial charge is 0.392 e. The molecule has 0 fully saturated rings. The number of hydrogen-bond donors (Lipinski definition) is 1. The number of aryl methyl sites for hydroxylation is 2. The maximum Gasteiger partial charge on any atom is 0.0710 e. The maximum atomic E-state index is 10.2. The van der Waals surface area contributed by atoms with Gasteiger partial charge in [0.15, 0.2) is 0 Å². The summed E-state index contributed by atoms with van der Waals surface area (Å²) < 4.78 is 0. The van der Waals surface area contributed by atoms with Crippen molar-refractivity contribution in [2.75, 3.05) is 0 Å². The summed E-state index contributed by atoms with van der Waals surface area (Å²) in [4.78, 5) is 4.62. The van der Waals surface area contributed by atoms with E-state index < -0.39 is 0 Å². The van der Waals surface area contributed by atoms with Crippen LogP contribution in [0.1, 0.15) is 36.2 Å². The number of rotatable bonds is 0. The van der Waals surface area contributed by atoms with Gasteiger partial charge >= 0.3 is 0 Å².